The van der Waals surface area contributed by atoms with E-state index >= 15 is 0 Å². The Hall–Kier alpha value is -1.61. The van der Waals surface area contributed by atoms with Gasteiger partial charge < -0.3 is 9.73 Å². The van der Waals surface area contributed by atoms with Crippen molar-refractivity contribution in [2.75, 3.05) is 0 Å². The highest BCUT2D eigenvalue weighted by Gasteiger charge is 2.29. The van der Waals surface area contributed by atoms with Gasteiger partial charge in [-0.15, -0.1) is 0 Å². The summed E-state index contributed by atoms with van der Waals surface area (Å²) in [4.78, 5) is 4.58. The van der Waals surface area contributed by atoms with Gasteiger partial charge in [0, 0.05) is 23.7 Å². The van der Waals surface area contributed by atoms with Crippen molar-refractivity contribution in [3.8, 4) is 0 Å². The minimum absolute atomic E-state index is 0.422. The molecule has 0 amide bonds. The molecule has 0 spiro atoms. The summed E-state index contributed by atoms with van der Waals surface area (Å²) in [6.07, 6.45) is 8.63. The number of furan rings is 1. The molecule has 1 unspecified atom stereocenters. The Morgan fingerprint density at radius 1 is 1.26 bits per heavy atom. The lowest BCUT2D eigenvalue weighted by atomic mass is 9.97. The maximum atomic E-state index is 5.68. The summed E-state index contributed by atoms with van der Waals surface area (Å²) in [7, 11) is 0. The number of fused-ring (bicyclic) bond motifs is 1. The molecule has 0 aliphatic heterocycles. The molecule has 0 bridgehead atoms. The Morgan fingerprint density at radius 3 is 3.11 bits per heavy atom. The molecule has 1 fully saturated rings. The zero-order chi connectivity index (χ0) is 12.7. The van der Waals surface area contributed by atoms with E-state index in [0.29, 0.717) is 12.0 Å². The average molecular weight is 254 g/mol. The van der Waals surface area contributed by atoms with Gasteiger partial charge in [0.2, 0.25) is 0 Å². The minimum atomic E-state index is 0.422. The van der Waals surface area contributed by atoms with Gasteiger partial charge in [-0.05, 0) is 43.4 Å². The second-order valence-corrected chi connectivity index (χ2v) is 5.59. The minimum Gasteiger partial charge on any atom is -0.468 e. The van der Waals surface area contributed by atoms with E-state index in [-0.39, 0.29) is 0 Å². The zero-order valence-corrected chi connectivity index (χ0v) is 10.9. The molecule has 3 nitrogen and oxygen atoms in total. The fraction of sp³-hybridized carbons (Fsp3) is 0.438. The maximum absolute atomic E-state index is 5.68. The highest BCUT2D eigenvalue weighted by Crippen LogP contribution is 2.38. The molecule has 0 saturated heterocycles. The SMILES string of the molecule is c1cnc2c(c1)CCC2c1ccoc1CNC1CC1. The average Bonchev–Trinajstić information content (AvgIpc) is 3.00. The molecule has 2 heterocycles. The molecule has 1 atom stereocenters. The fourth-order valence-electron chi connectivity index (χ4n) is 3.04. The van der Waals surface area contributed by atoms with E-state index in [9.17, 15) is 0 Å². The quantitative estimate of drug-likeness (QED) is 0.911. The van der Waals surface area contributed by atoms with Crippen molar-refractivity contribution in [2.24, 2.45) is 0 Å². The number of hydrogen-bond donors (Lipinski definition) is 1. The summed E-state index contributed by atoms with van der Waals surface area (Å²) in [5.74, 6) is 1.52. The Balaban J connectivity index is 1.60. The van der Waals surface area contributed by atoms with Crippen LogP contribution in [0, 0.1) is 0 Å². The van der Waals surface area contributed by atoms with Gasteiger partial charge in [-0.1, -0.05) is 6.07 Å². The highest BCUT2D eigenvalue weighted by molar-refractivity contribution is 5.38. The fourth-order valence-corrected chi connectivity index (χ4v) is 3.04. The van der Waals surface area contributed by atoms with E-state index in [4.69, 9.17) is 4.42 Å². The lowest BCUT2D eigenvalue weighted by Gasteiger charge is -2.11. The summed E-state index contributed by atoms with van der Waals surface area (Å²) in [5, 5.41) is 3.53. The monoisotopic (exact) mass is 254 g/mol. The third-order valence-electron chi connectivity index (χ3n) is 4.24. The second kappa shape index (κ2) is 4.49. The van der Waals surface area contributed by atoms with Gasteiger partial charge in [0.05, 0.1) is 18.5 Å². The molecule has 2 aromatic heterocycles. The lowest BCUT2D eigenvalue weighted by molar-refractivity contribution is 0.474. The molecule has 0 aromatic carbocycles. The normalized spacial score (nSPS) is 21.6. The first-order chi connectivity index (χ1) is 9.42. The topological polar surface area (TPSA) is 38.1 Å². The summed E-state index contributed by atoms with van der Waals surface area (Å²) in [6, 6.07) is 7.07. The zero-order valence-electron chi connectivity index (χ0n) is 10.9. The van der Waals surface area contributed by atoms with Crippen LogP contribution >= 0.6 is 0 Å². The first-order valence-electron chi connectivity index (χ1n) is 7.15. The second-order valence-electron chi connectivity index (χ2n) is 5.59. The molecule has 3 heteroatoms. The third kappa shape index (κ3) is 2.08. The Bertz CT molecular complexity index is 586. The standard InChI is InChI=1S/C16H18N2O/c1-2-11-3-6-14(16(11)17-8-1)13-7-9-19-15(13)10-18-12-4-5-12/h1-2,7-9,12,14,18H,3-6,10H2. The van der Waals surface area contributed by atoms with Gasteiger partial charge in [0.25, 0.3) is 0 Å². The van der Waals surface area contributed by atoms with E-state index in [1.54, 1.807) is 0 Å². The van der Waals surface area contributed by atoms with Crippen LogP contribution in [0.1, 0.15) is 47.8 Å². The van der Waals surface area contributed by atoms with Crippen LogP contribution in [0.5, 0.6) is 0 Å². The Kier molecular flexibility index (Phi) is 2.66. The number of aromatic nitrogens is 1. The molecular weight excluding hydrogens is 236 g/mol. The highest BCUT2D eigenvalue weighted by atomic mass is 16.3. The van der Waals surface area contributed by atoms with E-state index in [1.807, 2.05) is 18.5 Å². The van der Waals surface area contributed by atoms with E-state index < -0.39 is 0 Å². The van der Waals surface area contributed by atoms with Crippen molar-refractivity contribution in [2.45, 2.75) is 44.2 Å². The van der Waals surface area contributed by atoms with Crippen LogP contribution < -0.4 is 5.32 Å². The van der Waals surface area contributed by atoms with E-state index in [2.05, 4.69) is 22.4 Å². The molecule has 1 saturated carbocycles. The molecule has 1 N–H and O–H groups in total. The molecule has 4 rings (SSSR count). The number of hydrogen-bond acceptors (Lipinski definition) is 3. The van der Waals surface area contributed by atoms with E-state index in [1.165, 1.54) is 29.7 Å². The van der Waals surface area contributed by atoms with Crippen molar-refractivity contribution in [3.63, 3.8) is 0 Å². The summed E-state index contributed by atoms with van der Waals surface area (Å²) >= 11 is 0. The van der Waals surface area contributed by atoms with Crippen molar-refractivity contribution in [1.29, 1.82) is 0 Å². The third-order valence-corrected chi connectivity index (χ3v) is 4.24. The van der Waals surface area contributed by atoms with Gasteiger partial charge in [0.1, 0.15) is 5.76 Å². The van der Waals surface area contributed by atoms with Crippen LogP contribution in [0.2, 0.25) is 0 Å². The van der Waals surface area contributed by atoms with Crippen LogP contribution in [0.4, 0.5) is 0 Å². The van der Waals surface area contributed by atoms with Crippen molar-refractivity contribution >= 4 is 0 Å². The van der Waals surface area contributed by atoms with Crippen LogP contribution in [0.3, 0.4) is 0 Å². The number of nitrogens with one attached hydrogen (secondary N) is 1. The molecule has 98 valence electrons. The molecule has 19 heavy (non-hydrogen) atoms. The number of pyridine rings is 1. The number of rotatable bonds is 4. The van der Waals surface area contributed by atoms with E-state index in [0.717, 1.165) is 25.1 Å². The van der Waals surface area contributed by atoms with Crippen LogP contribution in [-0.2, 0) is 13.0 Å². The van der Waals surface area contributed by atoms with Crippen molar-refractivity contribution < 1.29 is 4.42 Å². The lowest BCUT2D eigenvalue weighted by Crippen LogP contribution is -2.16. The van der Waals surface area contributed by atoms with Gasteiger partial charge in [-0.2, -0.15) is 0 Å². The van der Waals surface area contributed by atoms with Gasteiger partial charge in [-0.3, -0.25) is 4.98 Å². The predicted molar refractivity (Wildman–Crippen MR) is 73.0 cm³/mol. The molecular formula is C16H18N2O. The molecule has 2 aromatic rings. The van der Waals surface area contributed by atoms with Gasteiger partial charge >= 0.3 is 0 Å². The van der Waals surface area contributed by atoms with Crippen LogP contribution in [0.15, 0.2) is 35.1 Å². The molecule has 0 radical (unpaired) electrons. The Morgan fingerprint density at radius 2 is 2.21 bits per heavy atom. The van der Waals surface area contributed by atoms with Gasteiger partial charge in [-0.25, -0.2) is 0 Å². The van der Waals surface area contributed by atoms with Crippen LogP contribution in [-0.4, -0.2) is 11.0 Å². The van der Waals surface area contributed by atoms with Crippen LogP contribution in [0.25, 0.3) is 0 Å². The summed E-state index contributed by atoms with van der Waals surface area (Å²) < 4.78 is 5.68. The smallest absolute Gasteiger partial charge is 0.121 e. The molecule has 2 aliphatic carbocycles. The predicted octanol–water partition coefficient (Wildman–Crippen LogP) is 3.00. The van der Waals surface area contributed by atoms with Crippen molar-refractivity contribution in [3.05, 3.63) is 53.2 Å². The number of aryl methyl sites for hydroxylation is 1. The maximum Gasteiger partial charge on any atom is 0.121 e. The first kappa shape index (κ1) is 11.2. The summed E-state index contributed by atoms with van der Waals surface area (Å²) in [5.41, 5.74) is 3.97. The van der Waals surface area contributed by atoms with Crippen molar-refractivity contribution in [1.82, 2.24) is 10.3 Å². The Labute approximate surface area is 113 Å². The van der Waals surface area contributed by atoms with Gasteiger partial charge in [0.15, 0.2) is 0 Å². The summed E-state index contributed by atoms with van der Waals surface area (Å²) in [6.45, 7) is 0.853. The molecule has 2 aliphatic rings. The number of nitrogens with zero attached hydrogens (tertiary/aromatic N) is 1. The largest absolute Gasteiger partial charge is 0.468 e. The first-order valence-corrected chi connectivity index (χ1v) is 7.15.